The first-order valence-corrected chi connectivity index (χ1v) is 5.90. The van der Waals surface area contributed by atoms with Gasteiger partial charge in [-0.3, -0.25) is 4.68 Å². The third kappa shape index (κ3) is 3.09. The van der Waals surface area contributed by atoms with Crippen LogP contribution in [0.5, 0.6) is 5.75 Å². The van der Waals surface area contributed by atoms with E-state index < -0.39 is 0 Å². The molecule has 1 aromatic heterocycles. The van der Waals surface area contributed by atoms with Gasteiger partial charge in [-0.25, -0.2) is 0 Å². The van der Waals surface area contributed by atoms with Crippen LogP contribution in [0.15, 0.2) is 30.6 Å². The maximum Gasteiger partial charge on any atom is 0.120 e. The summed E-state index contributed by atoms with van der Waals surface area (Å²) in [6, 6.07) is 6.25. The van der Waals surface area contributed by atoms with E-state index >= 15 is 0 Å². The Kier molecular flexibility index (Phi) is 3.47. The fraction of sp³-hybridized carbons (Fsp3) is 0.357. The van der Waals surface area contributed by atoms with E-state index in [2.05, 4.69) is 44.1 Å². The van der Waals surface area contributed by atoms with E-state index in [1.807, 2.05) is 17.1 Å². The Balaban J connectivity index is 2.01. The minimum atomic E-state index is 0.572. The number of aryl methyl sites for hydroxylation is 3. The number of hydrogen-bond acceptors (Lipinski definition) is 2. The Morgan fingerprint density at radius 3 is 2.47 bits per heavy atom. The summed E-state index contributed by atoms with van der Waals surface area (Å²) in [7, 11) is 0. The summed E-state index contributed by atoms with van der Waals surface area (Å²) in [5.41, 5.74) is 3.56. The number of rotatable bonds is 4. The fourth-order valence-corrected chi connectivity index (χ4v) is 1.84. The highest BCUT2D eigenvalue weighted by Crippen LogP contribution is 2.17. The molecule has 0 saturated heterocycles. The molecule has 0 aliphatic carbocycles. The second-order valence-corrected chi connectivity index (χ2v) is 4.32. The highest BCUT2D eigenvalue weighted by atomic mass is 16.5. The summed E-state index contributed by atoms with van der Waals surface area (Å²) in [4.78, 5) is 0. The van der Waals surface area contributed by atoms with Gasteiger partial charge in [0.2, 0.25) is 0 Å². The molecule has 2 aromatic rings. The van der Waals surface area contributed by atoms with Crippen molar-refractivity contribution in [2.75, 3.05) is 0 Å². The highest BCUT2D eigenvalue weighted by Gasteiger charge is 2.00. The normalized spacial score (nSPS) is 10.5. The lowest BCUT2D eigenvalue weighted by molar-refractivity contribution is 0.305. The number of ether oxygens (including phenoxy) is 1. The number of benzene rings is 1. The lowest BCUT2D eigenvalue weighted by Gasteiger charge is -2.06. The zero-order chi connectivity index (χ0) is 12.3. The van der Waals surface area contributed by atoms with Crippen LogP contribution in [0.2, 0.25) is 0 Å². The number of aromatic nitrogens is 2. The van der Waals surface area contributed by atoms with Crippen LogP contribution in [0.4, 0.5) is 0 Å². The van der Waals surface area contributed by atoms with Crippen molar-refractivity contribution >= 4 is 0 Å². The molecule has 0 spiro atoms. The van der Waals surface area contributed by atoms with Crippen LogP contribution in [0.3, 0.4) is 0 Å². The second-order valence-electron chi connectivity index (χ2n) is 4.32. The molecule has 0 radical (unpaired) electrons. The first-order valence-electron chi connectivity index (χ1n) is 5.90. The minimum absolute atomic E-state index is 0.572. The monoisotopic (exact) mass is 230 g/mol. The molecule has 3 nitrogen and oxygen atoms in total. The van der Waals surface area contributed by atoms with Gasteiger partial charge < -0.3 is 4.74 Å². The van der Waals surface area contributed by atoms with E-state index in [1.54, 1.807) is 0 Å². The van der Waals surface area contributed by atoms with Crippen molar-refractivity contribution in [3.05, 3.63) is 47.3 Å². The summed E-state index contributed by atoms with van der Waals surface area (Å²) < 4.78 is 7.66. The standard InChI is InChI=1S/C14H18N2O/c1-4-16-9-13(8-15-16)10-17-14-6-11(2)5-12(3)7-14/h5-9H,4,10H2,1-3H3. The molecule has 0 aliphatic heterocycles. The molecule has 0 aliphatic rings. The van der Waals surface area contributed by atoms with E-state index in [0.717, 1.165) is 17.9 Å². The van der Waals surface area contributed by atoms with Crippen LogP contribution < -0.4 is 4.74 Å². The van der Waals surface area contributed by atoms with E-state index in [-0.39, 0.29) is 0 Å². The Labute approximate surface area is 102 Å². The Hall–Kier alpha value is -1.77. The van der Waals surface area contributed by atoms with Crippen LogP contribution >= 0.6 is 0 Å². The second kappa shape index (κ2) is 5.04. The molecule has 1 aromatic carbocycles. The van der Waals surface area contributed by atoms with Gasteiger partial charge in [-0.15, -0.1) is 0 Å². The van der Waals surface area contributed by atoms with Gasteiger partial charge in [0.25, 0.3) is 0 Å². The van der Waals surface area contributed by atoms with Crippen molar-refractivity contribution in [1.29, 1.82) is 0 Å². The predicted octanol–water partition coefficient (Wildman–Crippen LogP) is 3.10. The number of hydrogen-bond donors (Lipinski definition) is 0. The highest BCUT2D eigenvalue weighted by molar-refractivity contribution is 5.33. The summed E-state index contributed by atoms with van der Waals surface area (Å²) in [6.07, 6.45) is 3.87. The van der Waals surface area contributed by atoms with E-state index in [4.69, 9.17) is 4.74 Å². The summed E-state index contributed by atoms with van der Waals surface area (Å²) >= 11 is 0. The molecule has 0 atom stereocenters. The van der Waals surface area contributed by atoms with Gasteiger partial charge >= 0.3 is 0 Å². The van der Waals surface area contributed by atoms with Gasteiger partial charge in [-0.1, -0.05) is 6.07 Å². The van der Waals surface area contributed by atoms with Gasteiger partial charge in [-0.05, 0) is 44.0 Å². The van der Waals surface area contributed by atoms with Crippen molar-refractivity contribution in [3.8, 4) is 5.75 Å². The molecular weight excluding hydrogens is 212 g/mol. The van der Waals surface area contributed by atoms with Crippen molar-refractivity contribution < 1.29 is 4.74 Å². The van der Waals surface area contributed by atoms with Crippen LogP contribution in [-0.2, 0) is 13.2 Å². The molecule has 0 fully saturated rings. The van der Waals surface area contributed by atoms with Crippen LogP contribution in [0, 0.1) is 13.8 Å². The van der Waals surface area contributed by atoms with Crippen LogP contribution in [0.25, 0.3) is 0 Å². The molecule has 90 valence electrons. The average molecular weight is 230 g/mol. The summed E-state index contributed by atoms with van der Waals surface area (Å²) in [5, 5.41) is 4.22. The van der Waals surface area contributed by atoms with E-state index in [1.165, 1.54) is 11.1 Å². The van der Waals surface area contributed by atoms with Gasteiger partial charge in [0.15, 0.2) is 0 Å². The molecule has 0 N–H and O–H groups in total. The summed E-state index contributed by atoms with van der Waals surface area (Å²) in [5.74, 6) is 0.923. The molecule has 3 heteroatoms. The molecule has 0 unspecified atom stereocenters. The largest absolute Gasteiger partial charge is 0.489 e. The molecule has 0 amide bonds. The minimum Gasteiger partial charge on any atom is -0.489 e. The van der Waals surface area contributed by atoms with Gasteiger partial charge in [-0.2, -0.15) is 5.10 Å². The predicted molar refractivity (Wildman–Crippen MR) is 68.1 cm³/mol. The topological polar surface area (TPSA) is 27.1 Å². The lowest BCUT2D eigenvalue weighted by Crippen LogP contribution is -1.96. The zero-order valence-electron chi connectivity index (χ0n) is 10.6. The third-order valence-corrected chi connectivity index (χ3v) is 2.61. The van der Waals surface area contributed by atoms with Crippen molar-refractivity contribution in [2.45, 2.75) is 33.9 Å². The van der Waals surface area contributed by atoms with E-state index in [9.17, 15) is 0 Å². The van der Waals surface area contributed by atoms with Crippen molar-refractivity contribution in [3.63, 3.8) is 0 Å². The molecule has 17 heavy (non-hydrogen) atoms. The maximum atomic E-state index is 5.76. The quantitative estimate of drug-likeness (QED) is 0.807. The van der Waals surface area contributed by atoms with Gasteiger partial charge in [0, 0.05) is 18.3 Å². The molecular formula is C14H18N2O. The molecule has 0 bridgehead atoms. The molecule has 0 saturated carbocycles. The molecule has 1 heterocycles. The summed E-state index contributed by atoms with van der Waals surface area (Å²) in [6.45, 7) is 7.69. The van der Waals surface area contributed by atoms with Gasteiger partial charge in [0.05, 0.1) is 6.20 Å². The Morgan fingerprint density at radius 2 is 1.88 bits per heavy atom. The number of nitrogens with zero attached hydrogens (tertiary/aromatic N) is 2. The van der Waals surface area contributed by atoms with Crippen LogP contribution in [-0.4, -0.2) is 9.78 Å². The maximum absolute atomic E-state index is 5.76. The smallest absolute Gasteiger partial charge is 0.120 e. The first kappa shape index (κ1) is 11.7. The van der Waals surface area contributed by atoms with Crippen LogP contribution in [0.1, 0.15) is 23.6 Å². The Morgan fingerprint density at radius 1 is 1.18 bits per heavy atom. The SMILES string of the molecule is CCn1cc(COc2cc(C)cc(C)c2)cn1. The van der Waals surface area contributed by atoms with E-state index in [0.29, 0.717) is 6.61 Å². The third-order valence-electron chi connectivity index (χ3n) is 2.61. The van der Waals surface area contributed by atoms with Crippen molar-refractivity contribution in [1.82, 2.24) is 9.78 Å². The average Bonchev–Trinajstić information content (AvgIpc) is 2.73. The Bertz CT molecular complexity index is 482. The lowest BCUT2D eigenvalue weighted by atomic mass is 10.1. The fourth-order valence-electron chi connectivity index (χ4n) is 1.84. The van der Waals surface area contributed by atoms with Gasteiger partial charge in [0.1, 0.15) is 12.4 Å². The molecule has 2 rings (SSSR count). The zero-order valence-corrected chi connectivity index (χ0v) is 10.6. The first-order chi connectivity index (χ1) is 8.17. The van der Waals surface area contributed by atoms with Crippen molar-refractivity contribution in [2.24, 2.45) is 0 Å².